The van der Waals surface area contributed by atoms with Crippen molar-refractivity contribution in [1.29, 1.82) is 0 Å². The lowest BCUT2D eigenvalue weighted by atomic mass is 9.83. The Morgan fingerprint density at radius 1 is 0.459 bits per heavy atom. The van der Waals surface area contributed by atoms with Crippen LogP contribution in [-0.4, -0.2) is 179 Å². The molecule has 38 heteroatoms. The van der Waals surface area contributed by atoms with Gasteiger partial charge in [-0.1, -0.05) is 38.1 Å². The third kappa shape index (κ3) is 16.4. The molecule has 403 valence electrons. The molecule has 1 saturated carbocycles. The van der Waals surface area contributed by atoms with Gasteiger partial charge in [-0.15, -0.1) is 0 Å². The third-order valence-corrected chi connectivity index (χ3v) is 11.0. The average Bonchev–Trinajstić information content (AvgIpc) is 3.61. The Morgan fingerprint density at radius 3 is 1.18 bits per heavy atom. The Bertz CT molecular complexity index is 2340. The summed E-state index contributed by atoms with van der Waals surface area (Å²) in [6.07, 6.45) is -25.8. The van der Waals surface area contributed by atoms with E-state index in [9.17, 15) is 56.4 Å². The number of azide groups is 6. The molecule has 4 aliphatic rings. The van der Waals surface area contributed by atoms with Crippen molar-refractivity contribution in [3.05, 3.63) is 62.7 Å². The zero-order chi connectivity index (χ0) is 53.2. The van der Waals surface area contributed by atoms with E-state index in [1.807, 2.05) is 0 Å². The van der Waals surface area contributed by atoms with Gasteiger partial charge in [-0.2, -0.15) is 12.6 Å². The topological polar surface area (TPSA) is 506 Å². The molecule has 19 atom stereocenters. The Morgan fingerprint density at radius 2 is 0.797 bits per heavy atom. The number of nitrogens with zero attached hydrogens (tertiary/aromatic N) is 18. The number of thiol groups is 1. The molecular weight excluding hydrogens is 1020 g/mol. The summed E-state index contributed by atoms with van der Waals surface area (Å²) >= 11 is 4.38. The standard InChI is InChI=1S/C35H46N18O18S.CH4.B.H2/c1-11(54)60-24-17(44-50-38)7-18(45-51-39)25(69-33-22(46-52-40)29(63-14(4)57)26(61-12(2)55)19(66-33)8-42-48-36)31(24)71-35-32(65-16(6)59)28(21(10-72)68-35)70-34-23(47-53-41)30(64-15(5)58)27(62-13(3)56)20(67-34)9-43-49-37;;;/h17-35,72H,7-10H2,1-6H3;1H4;;1H/t17-,18?,19?,20+,21-,22?,23?,24?,25-,26-,27-,28+,29-,30?,31-,32+,33-,34-,35?;;;/m1.../s1/i;;;1+1. The molecule has 4 fully saturated rings. The highest BCUT2D eigenvalue weighted by atomic mass is 32.1. The second-order valence-corrected chi connectivity index (χ2v) is 15.9. The van der Waals surface area contributed by atoms with Crippen LogP contribution in [0.3, 0.4) is 0 Å². The Kier molecular flexibility index (Phi) is 25.7. The van der Waals surface area contributed by atoms with Crippen LogP contribution in [0.2, 0.25) is 0 Å². The van der Waals surface area contributed by atoms with Crippen molar-refractivity contribution in [2.75, 3.05) is 18.8 Å². The van der Waals surface area contributed by atoms with Crippen LogP contribution in [0.4, 0.5) is 0 Å². The van der Waals surface area contributed by atoms with Crippen LogP contribution in [0.15, 0.2) is 30.7 Å². The van der Waals surface area contributed by atoms with Crippen molar-refractivity contribution in [3.8, 4) is 0 Å². The first-order valence-electron chi connectivity index (χ1n) is 21.1. The van der Waals surface area contributed by atoms with Gasteiger partial charge in [0.25, 0.3) is 0 Å². The Labute approximate surface area is 427 Å². The molecule has 36 nitrogen and oxygen atoms in total. The predicted molar refractivity (Wildman–Crippen MR) is 247 cm³/mol. The molecule has 3 heterocycles. The highest BCUT2D eigenvalue weighted by Gasteiger charge is 2.59. The molecule has 3 saturated heterocycles. The highest BCUT2D eigenvalue weighted by Crippen LogP contribution is 2.41. The summed E-state index contributed by atoms with van der Waals surface area (Å²) in [5, 5.41) is 21.9. The summed E-state index contributed by atoms with van der Waals surface area (Å²) in [5.74, 6) is -6.07. The molecule has 74 heavy (non-hydrogen) atoms. The second-order valence-electron chi connectivity index (χ2n) is 15.6. The van der Waals surface area contributed by atoms with Gasteiger partial charge in [0.1, 0.15) is 42.6 Å². The fraction of sp³-hybridized carbons (Fsp3) is 0.833. The van der Waals surface area contributed by atoms with E-state index in [4.69, 9.17) is 62.4 Å². The summed E-state index contributed by atoms with van der Waals surface area (Å²) in [4.78, 5) is 91.9. The van der Waals surface area contributed by atoms with Crippen LogP contribution < -0.4 is 0 Å². The maximum atomic E-state index is 12.9. The molecule has 1 aliphatic carbocycles. The molecule has 0 aromatic heterocycles. The minimum atomic E-state index is -1.95. The molecule has 0 N–H and O–H groups in total. The number of hydrogen-bond acceptors (Lipinski definition) is 25. The van der Waals surface area contributed by atoms with E-state index in [1.54, 1.807) is 0 Å². The van der Waals surface area contributed by atoms with Crippen molar-refractivity contribution in [3.63, 3.8) is 0 Å². The zero-order valence-electron chi connectivity index (χ0n) is 39.2. The van der Waals surface area contributed by atoms with Gasteiger partial charge in [-0.05, 0) is 39.6 Å². The SMILES string of the molecule is C.CC(=O)OC1[C@@H](OC2O[C@H](CS)[C@H](O[C@H]3O[C@@H](CN=[N+]=[N-])[C@@H](OC(C)=O)C(OC(C)=O)C3N=[N+]=[N-])[C@@H]2OC(C)=O)[C@H](O[C@H]2OC(CN=[N+]=[N-])[C@@H](OC(C)=O)[C@H](OC(C)=O)C2N=[N+]=[N-])C(N=[N+]=[N-])C[C@H]1N=[N+]=[N-].[2HH].[B]. The van der Waals surface area contributed by atoms with Gasteiger partial charge < -0.3 is 56.8 Å². The maximum absolute atomic E-state index is 12.9. The van der Waals surface area contributed by atoms with Crippen molar-refractivity contribution >= 4 is 56.9 Å². The first-order valence-corrected chi connectivity index (χ1v) is 21.7. The largest absolute Gasteiger partial charge is 0.459 e. The van der Waals surface area contributed by atoms with Gasteiger partial charge in [0.2, 0.25) is 0 Å². The number of esters is 6. The number of carbonyl (C=O) groups is 6. The van der Waals surface area contributed by atoms with Crippen LogP contribution >= 0.6 is 12.6 Å². The lowest BCUT2D eigenvalue weighted by molar-refractivity contribution is -0.309. The summed E-state index contributed by atoms with van der Waals surface area (Å²) < 4.78 is 70.7. The van der Waals surface area contributed by atoms with E-state index in [0.29, 0.717) is 0 Å². The van der Waals surface area contributed by atoms with Crippen molar-refractivity contribution in [2.24, 2.45) is 30.7 Å². The van der Waals surface area contributed by atoms with E-state index < -0.39 is 172 Å². The van der Waals surface area contributed by atoms with E-state index in [-0.39, 0.29) is 23.0 Å². The van der Waals surface area contributed by atoms with Crippen molar-refractivity contribution < 1.29 is 87.0 Å². The molecule has 0 amide bonds. The smallest absolute Gasteiger partial charge is 0.303 e. The van der Waals surface area contributed by atoms with Crippen LogP contribution in [0.5, 0.6) is 0 Å². The van der Waals surface area contributed by atoms with E-state index in [2.05, 4.69) is 72.8 Å². The fourth-order valence-electron chi connectivity index (χ4n) is 8.27. The summed E-state index contributed by atoms with van der Waals surface area (Å²) in [5.41, 5.74) is 57.2. The van der Waals surface area contributed by atoms with Crippen molar-refractivity contribution in [1.82, 2.24) is 0 Å². The maximum Gasteiger partial charge on any atom is 0.303 e. The lowest BCUT2D eigenvalue weighted by Crippen LogP contribution is -2.65. The van der Waals surface area contributed by atoms with E-state index >= 15 is 0 Å². The summed E-state index contributed by atoms with van der Waals surface area (Å²) in [6, 6.07) is -6.47. The minimum Gasteiger partial charge on any atom is -0.459 e. The number of carbonyl (C=O) groups excluding carboxylic acids is 6. The molecule has 0 bridgehead atoms. The monoisotopic (exact) mass is 1070 g/mol. The normalized spacial score (nSPS) is 33.7. The molecule has 4 rings (SSSR count). The third-order valence-electron chi connectivity index (χ3n) is 10.7. The van der Waals surface area contributed by atoms with E-state index in [0.717, 1.165) is 41.5 Å². The second kappa shape index (κ2) is 30.1. The van der Waals surface area contributed by atoms with Gasteiger partial charge in [0, 0.05) is 86.6 Å². The Hall–Kier alpha value is -7.15. The molecule has 0 spiro atoms. The zero-order valence-corrected chi connectivity index (χ0v) is 40.1. The average molecular weight is 1070 g/mol. The predicted octanol–water partition coefficient (Wildman–Crippen LogP) is 4.08. The number of ether oxygens (including phenoxy) is 12. The molecule has 3 radical (unpaired) electrons. The minimum absolute atomic E-state index is 0. The van der Waals surface area contributed by atoms with Crippen LogP contribution in [0, 0.1) is 0 Å². The molecule has 0 aromatic rings. The highest BCUT2D eigenvalue weighted by molar-refractivity contribution is 7.80. The number of hydrogen-bond donors (Lipinski definition) is 1. The van der Waals surface area contributed by atoms with Gasteiger partial charge in [-0.3, -0.25) is 28.8 Å². The summed E-state index contributed by atoms with van der Waals surface area (Å²) in [6.45, 7) is 4.74. The first kappa shape index (κ1) is 63.0. The Balaban J connectivity index is 0.00000937. The molecule has 3 aliphatic heterocycles. The van der Waals surface area contributed by atoms with E-state index in [1.165, 1.54) is 0 Å². The summed E-state index contributed by atoms with van der Waals surface area (Å²) in [7, 11) is 0. The molecule has 0 aromatic carbocycles. The van der Waals surface area contributed by atoms with Gasteiger partial charge in [0.15, 0.2) is 49.4 Å². The van der Waals surface area contributed by atoms with Crippen molar-refractivity contribution in [2.45, 2.75) is 172 Å². The lowest BCUT2D eigenvalue weighted by Gasteiger charge is -2.48. The van der Waals surface area contributed by atoms with Crippen LogP contribution in [0.1, 0.15) is 56.8 Å². The van der Waals surface area contributed by atoms with Gasteiger partial charge >= 0.3 is 35.8 Å². The quantitative estimate of drug-likeness (QED) is 0.0322. The van der Waals surface area contributed by atoms with Crippen LogP contribution in [-0.2, 0) is 85.6 Å². The molecular formula is C36H52BN18O18S. The van der Waals surface area contributed by atoms with Crippen LogP contribution in [0.25, 0.3) is 62.7 Å². The van der Waals surface area contributed by atoms with Gasteiger partial charge in [0.05, 0.1) is 37.4 Å². The first-order chi connectivity index (χ1) is 34.4. The fourth-order valence-corrected chi connectivity index (χ4v) is 8.57. The molecule has 7 unspecified atom stereocenters. The number of rotatable bonds is 21. The van der Waals surface area contributed by atoms with Gasteiger partial charge in [-0.25, -0.2) is 0 Å².